The van der Waals surface area contributed by atoms with E-state index in [1.54, 1.807) is 0 Å². The van der Waals surface area contributed by atoms with Crippen molar-refractivity contribution in [2.45, 2.75) is 89.9 Å². The molecule has 0 radical (unpaired) electrons. The number of carbonyl (C=O) groups excluding carboxylic acids is 1. The van der Waals surface area contributed by atoms with Crippen LogP contribution in [-0.2, 0) is 52.1 Å². The number of carbonyl (C=O) groups is 1. The number of ether oxygens (including phenoxy) is 11. The largest absolute Gasteiger partial charge is 0.449 e. The van der Waals surface area contributed by atoms with Gasteiger partial charge >= 0.3 is 6.09 Å². The normalized spacial score (nSPS) is 12.2. The Hall–Kier alpha value is -2.69. The third-order valence-electron chi connectivity index (χ3n) is 10.3. The van der Waals surface area contributed by atoms with Gasteiger partial charge < -0.3 is 57.4 Å². The third-order valence-corrected chi connectivity index (χ3v) is 10.3. The SMILES string of the molecule is CCCCCCCCCCCCCOCCOCCOCCOCCOCCOCCOCCOCCOCCOCCCNC(=O)OCC1c2ccccc2-c2ccccc21. The van der Waals surface area contributed by atoms with Crippen molar-refractivity contribution in [3.8, 4) is 11.1 Å². The minimum absolute atomic E-state index is 0.0508. The molecule has 354 valence electrons. The van der Waals surface area contributed by atoms with Crippen LogP contribution in [0.25, 0.3) is 11.1 Å². The van der Waals surface area contributed by atoms with Crippen molar-refractivity contribution >= 4 is 6.09 Å². The van der Waals surface area contributed by atoms with Crippen LogP contribution in [-0.4, -0.2) is 151 Å². The molecule has 1 aliphatic carbocycles. The van der Waals surface area contributed by atoms with Crippen LogP contribution in [0, 0.1) is 0 Å². The molecule has 0 spiro atoms. The first kappa shape index (κ1) is 53.6. The van der Waals surface area contributed by atoms with E-state index in [-0.39, 0.29) is 5.92 Å². The van der Waals surface area contributed by atoms with Crippen LogP contribution in [0.3, 0.4) is 0 Å². The summed E-state index contributed by atoms with van der Waals surface area (Å²) in [5.41, 5.74) is 4.82. The molecule has 0 saturated heterocycles. The molecule has 0 fully saturated rings. The molecular formula is C49H81NO12. The molecule has 0 aliphatic heterocycles. The van der Waals surface area contributed by atoms with E-state index in [0.717, 1.165) is 13.0 Å². The number of alkyl carbamates (subject to hydrolysis) is 1. The summed E-state index contributed by atoms with van der Waals surface area (Å²) in [4.78, 5) is 12.3. The van der Waals surface area contributed by atoms with Gasteiger partial charge in [0.2, 0.25) is 0 Å². The van der Waals surface area contributed by atoms with Crippen molar-refractivity contribution in [1.82, 2.24) is 5.32 Å². The minimum Gasteiger partial charge on any atom is -0.449 e. The lowest BCUT2D eigenvalue weighted by molar-refractivity contribution is -0.0264. The van der Waals surface area contributed by atoms with Crippen molar-refractivity contribution in [2.75, 3.05) is 145 Å². The smallest absolute Gasteiger partial charge is 0.407 e. The Balaban J connectivity index is 0.911. The van der Waals surface area contributed by atoms with Gasteiger partial charge in [-0.15, -0.1) is 0 Å². The molecule has 0 bridgehead atoms. The van der Waals surface area contributed by atoms with E-state index in [2.05, 4.69) is 36.5 Å². The van der Waals surface area contributed by atoms with Gasteiger partial charge in [0.05, 0.1) is 119 Å². The Morgan fingerprint density at radius 3 is 1.08 bits per heavy atom. The fourth-order valence-electron chi connectivity index (χ4n) is 6.96. The molecule has 0 atom stereocenters. The van der Waals surface area contributed by atoms with Gasteiger partial charge in [0.15, 0.2) is 0 Å². The van der Waals surface area contributed by atoms with Crippen LogP contribution in [0.5, 0.6) is 0 Å². The zero-order chi connectivity index (χ0) is 43.6. The molecular weight excluding hydrogens is 795 g/mol. The zero-order valence-electron chi connectivity index (χ0n) is 38.1. The molecule has 1 N–H and O–H groups in total. The van der Waals surface area contributed by atoms with E-state index < -0.39 is 6.09 Å². The number of amides is 1. The predicted octanol–water partition coefficient (Wildman–Crippen LogP) is 8.39. The van der Waals surface area contributed by atoms with Gasteiger partial charge in [0, 0.05) is 25.7 Å². The number of unbranched alkanes of at least 4 members (excludes halogenated alkanes) is 10. The van der Waals surface area contributed by atoms with Gasteiger partial charge in [-0.25, -0.2) is 4.79 Å². The molecule has 2 aromatic carbocycles. The van der Waals surface area contributed by atoms with Gasteiger partial charge in [-0.1, -0.05) is 120 Å². The highest BCUT2D eigenvalue weighted by Crippen LogP contribution is 2.44. The molecule has 0 aromatic heterocycles. The van der Waals surface area contributed by atoms with E-state index in [1.807, 2.05) is 24.3 Å². The number of fused-ring (bicyclic) bond motifs is 3. The highest BCUT2D eigenvalue weighted by atomic mass is 16.6. The van der Waals surface area contributed by atoms with Crippen LogP contribution in [0.4, 0.5) is 4.79 Å². The van der Waals surface area contributed by atoms with Crippen molar-refractivity contribution < 1.29 is 56.9 Å². The molecule has 62 heavy (non-hydrogen) atoms. The first-order valence-electron chi connectivity index (χ1n) is 23.7. The molecule has 1 aliphatic rings. The summed E-state index contributed by atoms with van der Waals surface area (Å²) in [6.07, 6.45) is 15.1. The molecule has 1 amide bonds. The van der Waals surface area contributed by atoms with Gasteiger partial charge in [-0.2, -0.15) is 0 Å². The average Bonchev–Trinajstić information content (AvgIpc) is 3.61. The van der Waals surface area contributed by atoms with Gasteiger partial charge in [0.25, 0.3) is 0 Å². The maximum absolute atomic E-state index is 12.3. The molecule has 13 nitrogen and oxygen atoms in total. The number of nitrogens with one attached hydrogen (secondary N) is 1. The number of hydrogen-bond acceptors (Lipinski definition) is 12. The van der Waals surface area contributed by atoms with Crippen molar-refractivity contribution in [1.29, 1.82) is 0 Å². The van der Waals surface area contributed by atoms with Crippen LogP contribution in [0.15, 0.2) is 48.5 Å². The Morgan fingerprint density at radius 1 is 0.403 bits per heavy atom. The average molecular weight is 876 g/mol. The molecule has 0 unspecified atom stereocenters. The van der Waals surface area contributed by atoms with E-state index >= 15 is 0 Å². The Labute approximate surface area is 373 Å². The van der Waals surface area contributed by atoms with E-state index in [4.69, 9.17) is 52.1 Å². The monoisotopic (exact) mass is 876 g/mol. The maximum atomic E-state index is 12.3. The van der Waals surface area contributed by atoms with Crippen LogP contribution < -0.4 is 5.32 Å². The van der Waals surface area contributed by atoms with Crippen molar-refractivity contribution in [3.63, 3.8) is 0 Å². The molecule has 0 heterocycles. The number of hydrogen-bond donors (Lipinski definition) is 1. The molecule has 13 heteroatoms. The van der Waals surface area contributed by atoms with Gasteiger partial charge in [-0.05, 0) is 35.1 Å². The van der Waals surface area contributed by atoms with Crippen molar-refractivity contribution in [3.05, 3.63) is 59.7 Å². The lowest BCUT2D eigenvalue weighted by Gasteiger charge is -2.14. The summed E-state index contributed by atoms with van der Waals surface area (Å²) < 4.78 is 61.2. The molecule has 2 aromatic rings. The second-order valence-electron chi connectivity index (χ2n) is 15.3. The minimum atomic E-state index is -0.412. The fraction of sp³-hybridized carbons (Fsp3) is 0.735. The van der Waals surface area contributed by atoms with Gasteiger partial charge in [0.1, 0.15) is 6.61 Å². The second kappa shape index (κ2) is 39.9. The Kier molecular flexibility index (Phi) is 34.5. The van der Waals surface area contributed by atoms with E-state index in [1.165, 1.54) is 86.5 Å². The highest BCUT2D eigenvalue weighted by Gasteiger charge is 2.29. The topological polar surface area (TPSA) is 131 Å². The Bertz CT molecular complexity index is 1270. The lowest BCUT2D eigenvalue weighted by Crippen LogP contribution is -2.27. The summed E-state index contributed by atoms with van der Waals surface area (Å²) in [5, 5.41) is 2.81. The molecule has 3 rings (SSSR count). The summed E-state index contributed by atoms with van der Waals surface area (Å²) in [5.74, 6) is 0.0508. The quantitative estimate of drug-likeness (QED) is 0.0642. The molecule has 0 saturated carbocycles. The van der Waals surface area contributed by atoms with E-state index in [9.17, 15) is 4.79 Å². The number of benzene rings is 2. The zero-order valence-corrected chi connectivity index (χ0v) is 38.1. The summed E-state index contributed by atoms with van der Waals surface area (Å²) >= 11 is 0. The second-order valence-corrected chi connectivity index (χ2v) is 15.3. The summed E-state index contributed by atoms with van der Waals surface area (Å²) in [7, 11) is 0. The Morgan fingerprint density at radius 2 is 0.710 bits per heavy atom. The van der Waals surface area contributed by atoms with Crippen LogP contribution in [0.2, 0.25) is 0 Å². The van der Waals surface area contributed by atoms with E-state index in [0.29, 0.717) is 145 Å². The predicted molar refractivity (Wildman–Crippen MR) is 242 cm³/mol. The van der Waals surface area contributed by atoms with Crippen molar-refractivity contribution in [2.24, 2.45) is 0 Å². The summed E-state index contributed by atoms with van der Waals surface area (Å²) in [6, 6.07) is 16.6. The van der Waals surface area contributed by atoms with Crippen LogP contribution >= 0.6 is 0 Å². The standard InChI is InChI=1S/C49H81NO12/c1-2-3-4-5-6-7-8-9-10-11-16-23-52-25-27-54-29-31-56-33-35-58-37-39-60-41-42-61-40-38-59-36-34-57-32-30-55-28-26-53-24-17-22-50-49(51)62-43-48-46-20-14-12-18-44(46)45-19-13-15-21-47(45)48/h12-15,18-21,48H,2-11,16-17,22-43H2,1H3,(H,50,51). The van der Waals surface area contributed by atoms with Crippen LogP contribution in [0.1, 0.15) is 101 Å². The number of rotatable bonds is 45. The highest BCUT2D eigenvalue weighted by molar-refractivity contribution is 5.79. The third kappa shape index (κ3) is 27.5. The fourth-order valence-corrected chi connectivity index (χ4v) is 6.96. The lowest BCUT2D eigenvalue weighted by atomic mass is 9.98. The maximum Gasteiger partial charge on any atom is 0.407 e. The summed E-state index contributed by atoms with van der Waals surface area (Å²) in [6.45, 7) is 13.8. The van der Waals surface area contributed by atoms with Gasteiger partial charge in [-0.3, -0.25) is 0 Å². The first-order valence-corrected chi connectivity index (χ1v) is 23.7. The first-order chi connectivity index (χ1) is 30.8.